The van der Waals surface area contributed by atoms with E-state index in [1.54, 1.807) is 16.2 Å². The quantitative estimate of drug-likeness (QED) is 0.792. The Balaban J connectivity index is 1.65. The molecule has 2 heterocycles. The molecule has 0 N–H and O–H groups in total. The maximum atomic E-state index is 12.6. The van der Waals surface area contributed by atoms with Crippen LogP contribution in [0.5, 0.6) is 0 Å². The lowest BCUT2D eigenvalue weighted by Gasteiger charge is -2.23. The van der Waals surface area contributed by atoms with Crippen molar-refractivity contribution in [3.05, 3.63) is 58.3 Å². The summed E-state index contributed by atoms with van der Waals surface area (Å²) in [7, 11) is 0. The molecule has 0 radical (unpaired) electrons. The van der Waals surface area contributed by atoms with E-state index in [0.717, 1.165) is 19.3 Å². The van der Waals surface area contributed by atoms with Gasteiger partial charge in [-0.1, -0.05) is 36.4 Å². The van der Waals surface area contributed by atoms with Gasteiger partial charge in [-0.05, 0) is 30.7 Å². The van der Waals surface area contributed by atoms with Crippen LogP contribution in [0.4, 0.5) is 0 Å². The third-order valence-electron chi connectivity index (χ3n) is 4.10. The third-order valence-corrected chi connectivity index (χ3v) is 5.04. The van der Waals surface area contributed by atoms with Crippen molar-refractivity contribution in [1.29, 1.82) is 0 Å². The van der Waals surface area contributed by atoms with E-state index in [2.05, 4.69) is 6.07 Å². The molecule has 1 saturated heterocycles. The Morgan fingerprint density at radius 3 is 2.68 bits per heavy atom. The van der Waals surface area contributed by atoms with Crippen molar-refractivity contribution < 1.29 is 9.59 Å². The molecule has 1 atom stereocenters. The molecule has 0 spiro atoms. The van der Waals surface area contributed by atoms with Gasteiger partial charge in [-0.2, -0.15) is 0 Å². The first kappa shape index (κ1) is 15.0. The van der Waals surface area contributed by atoms with Gasteiger partial charge < -0.3 is 4.90 Å². The van der Waals surface area contributed by atoms with Gasteiger partial charge in [0, 0.05) is 23.4 Å². The van der Waals surface area contributed by atoms with E-state index in [-0.39, 0.29) is 17.7 Å². The van der Waals surface area contributed by atoms with Crippen molar-refractivity contribution >= 4 is 23.0 Å². The zero-order chi connectivity index (χ0) is 15.4. The summed E-state index contributed by atoms with van der Waals surface area (Å²) in [5, 5.41) is 2.03. The van der Waals surface area contributed by atoms with Crippen LogP contribution in [0.2, 0.25) is 0 Å². The Kier molecular flexibility index (Phi) is 4.68. The smallest absolute Gasteiger partial charge is 0.223 e. The number of likely N-dealkylation sites (tertiary alicyclic amines) is 1. The van der Waals surface area contributed by atoms with Crippen molar-refractivity contribution in [1.82, 2.24) is 4.90 Å². The molecule has 1 aliphatic rings. The Bertz CT molecular complexity index is 636. The highest BCUT2D eigenvalue weighted by Gasteiger charge is 2.33. The lowest BCUT2D eigenvalue weighted by Crippen LogP contribution is -2.40. The van der Waals surface area contributed by atoms with E-state index in [4.69, 9.17) is 0 Å². The standard InChI is InChI=1S/C18H19NO2S/c20-17(11-10-15-8-5-13-22-15)19-12-4-9-16(19)18(21)14-6-2-1-3-7-14/h1-3,5-8,13,16H,4,9-12H2. The molecule has 3 nitrogen and oxygen atoms in total. The first-order chi connectivity index (χ1) is 10.8. The number of amides is 1. The van der Waals surface area contributed by atoms with Gasteiger partial charge in [-0.15, -0.1) is 11.3 Å². The van der Waals surface area contributed by atoms with Crippen LogP contribution in [0.25, 0.3) is 0 Å². The minimum Gasteiger partial charge on any atom is -0.332 e. The number of benzene rings is 1. The predicted molar refractivity (Wildman–Crippen MR) is 88.1 cm³/mol. The second-order valence-electron chi connectivity index (χ2n) is 5.55. The molecule has 3 rings (SSSR count). The normalized spacial score (nSPS) is 17.6. The van der Waals surface area contributed by atoms with Gasteiger partial charge in [0.05, 0.1) is 6.04 Å². The fraction of sp³-hybridized carbons (Fsp3) is 0.333. The Hall–Kier alpha value is -1.94. The maximum Gasteiger partial charge on any atom is 0.223 e. The average molecular weight is 313 g/mol. The molecular formula is C18H19NO2S. The fourth-order valence-corrected chi connectivity index (χ4v) is 3.67. The highest BCUT2D eigenvalue weighted by atomic mass is 32.1. The Labute approximate surface area is 134 Å². The lowest BCUT2D eigenvalue weighted by atomic mass is 10.0. The second kappa shape index (κ2) is 6.88. The SMILES string of the molecule is O=C(c1ccccc1)C1CCCN1C(=O)CCc1cccs1. The minimum absolute atomic E-state index is 0.0718. The van der Waals surface area contributed by atoms with E-state index < -0.39 is 0 Å². The highest BCUT2D eigenvalue weighted by molar-refractivity contribution is 7.09. The van der Waals surface area contributed by atoms with Gasteiger partial charge in [0.25, 0.3) is 0 Å². The first-order valence-corrected chi connectivity index (χ1v) is 8.55. The van der Waals surface area contributed by atoms with Crippen LogP contribution in [-0.4, -0.2) is 29.2 Å². The number of carbonyl (C=O) groups is 2. The van der Waals surface area contributed by atoms with E-state index in [1.165, 1.54) is 4.88 Å². The zero-order valence-corrected chi connectivity index (χ0v) is 13.2. The summed E-state index contributed by atoms with van der Waals surface area (Å²) >= 11 is 1.67. The van der Waals surface area contributed by atoms with Gasteiger partial charge in [0.1, 0.15) is 0 Å². The molecule has 4 heteroatoms. The number of rotatable bonds is 5. The summed E-state index contributed by atoms with van der Waals surface area (Å²) in [6, 6.07) is 13.1. The van der Waals surface area contributed by atoms with E-state index >= 15 is 0 Å². The van der Waals surface area contributed by atoms with Crippen LogP contribution >= 0.6 is 11.3 Å². The molecule has 1 aliphatic heterocycles. The highest BCUT2D eigenvalue weighted by Crippen LogP contribution is 2.23. The topological polar surface area (TPSA) is 37.4 Å². The number of hydrogen-bond donors (Lipinski definition) is 0. The van der Waals surface area contributed by atoms with Crippen molar-refractivity contribution in [2.24, 2.45) is 0 Å². The third kappa shape index (κ3) is 3.28. The minimum atomic E-state index is -0.279. The lowest BCUT2D eigenvalue weighted by molar-refractivity contribution is -0.131. The van der Waals surface area contributed by atoms with Gasteiger partial charge in [-0.3, -0.25) is 9.59 Å². The van der Waals surface area contributed by atoms with Gasteiger partial charge in [-0.25, -0.2) is 0 Å². The molecule has 1 unspecified atom stereocenters. The first-order valence-electron chi connectivity index (χ1n) is 7.67. The summed E-state index contributed by atoms with van der Waals surface area (Å²) in [4.78, 5) is 28.1. The number of ketones is 1. The predicted octanol–water partition coefficient (Wildman–Crippen LogP) is 3.55. The van der Waals surface area contributed by atoms with E-state index in [9.17, 15) is 9.59 Å². The van der Waals surface area contributed by atoms with Gasteiger partial charge in [0.15, 0.2) is 5.78 Å². The van der Waals surface area contributed by atoms with Crippen LogP contribution in [0, 0.1) is 0 Å². The number of thiophene rings is 1. The number of nitrogens with zero attached hydrogens (tertiary/aromatic N) is 1. The van der Waals surface area contributed by atoms with Crippen LogP contribution in [0.1, 0.15) is 34.5 Å². The van der Waals surface area contributed by atoms with Crippen molar-refractivity contribution in [2.45, 2.75) is 31.7 Å². The molecule has 1 aromatic heterocycles. The van der Waals surface area contributed by atoms with Crippen LogP contribution in [0.3, 0.4) is 0 Å². The molecule has 1 aromatic carbocycles. The summed E-state index contributed by atoms with van der Waals surface area (Å²) in [6.45, 7) is 0.701. The van der Waals surface area contributed by atoms with Crippen molar-refractivity contribution in [3.63, 3.8) is 0 Å². The van der Waals surface area contributed by atoms with E-state index in [1.807, 2.05) is 41.8 Å². The molecule has 2 aromatic rings. The summed E-state index contributed by atoms with van der Waals surface area (Å²) in [6.07, 6.45) is 2.94. The summed E-state index contributed by atoms with van der Waals surface area (Å²) in [5.74, 6) is 0.169. The second-order valence-corrected chi connectivity index (χ2v) is 6.59. The summed E-state index contributed by atoms with van der Waals surface area (Å²) < 4.78 is 0. The van der Waals surface area contributed by atoms with E-state index in [0.29, 0.717) is 18.5 Å². The summed E-state index contributed by atoms with van der Waals surface area (Å²) in [5.41, 5.74) is 0.699. The molecular weight excluding hydrogens is 294 g/mol. The Morgan fingerprint density at radius 1 is 1.14 bits per heavy atom. The molecule has 1 fully saturated rings. The number of hydrogen-bond acceptors (Lipinski definition) is 3. The average Bonchev–Trinajstić information content (AvgIpc) is 3.24. The largest absolute Gasteiger partial charge is 0.332 e. The molecule has 0 aliphatic carbocycles. The number of aryl methyl sites for hydroxylation is 1. The monoisotopic (exact) mass is 313 g/mol. The maximum absolute atomic E-state index is 12.6. The van der Waals surface area contributed by atoms with Crippen molar-refractivity contribution in [2.75, 3.05) is 6.54 Å². The Morgan fingerprint density at radius 2 is 1.95 bits per heavy atom. The van der Waals surface area contributed by atoms with Crippen LogP contribution in [-0.2, 0) is 11.2 Å². The van der Waals surface area contributed by atoms with Crippen molar-refractivity contribution in [3.8, 4) is 0 Å². The molecule has 22 heavy (non-hydrogen) atoms. The molecule has 0 saturated carbocycles. The molecule has 114 valence electrons. The zero-order valence-electron chi connectivity index (χ0n) is 12.4. The number of carbonyl (C=O) groups excluding carboxylic acids is 2. The molecule has 1 amide bonds. The molecule has 0 bridgehead atoms. The number of Topliss-reactive ketones (excluding diaryl/α,β-unsaturated/α-hetero) is 1. The van der Waals surface area contributed by atoms with Gasteiger partial charge >= 0.3 is 0 Å². The van der Waals surface area contributed by atoms with Crippen LogP contribution in [0.15, 0.2) is 47.8 Å². The van der Waals surface area contributed by atoms with Gasteiger partial charge in [0.2, 0.25) is 5.91 Å². The van der Waals surface area contributed by atoms with Crippen LogP contribution < -0.4 is 0 Å². The fourth-order valence-electron chi connectivity index (χ4n) is 2.96.